The van der Waals surface area contributed by atoms with Crippen LogP contribution in [0.1, 0.15) is 13.8 Å². The van der Waals surface area contributed by atoms with Gasteiger partial charge in [0, 0.05) is 18.4 Å². The van der Waals surface area contributed by atoms with E-state index in [0.29, 0.717) is 6.54 Å². The largest absolute Gasteiger partial charge is 0.305 e. The lowest BCUT2D eigenvalue weighted by Gasteiger charge is -2.19. The molecule has 1 N–H and O–H groups in total. The molecular formula is C9H15F2N3. The quantitative estimate of drug-likeness (QED) is 0.786. The molecule has 5 heteroatoms. The van der Waals surface area contributed by atoms with Gasteiger partial charge in [-0.15, -0.1) is 0 Å². The van der Waals surface area contributed by atoms with E-state index < -0.39 is 12.5 Å². The van der Waals surface area contributed by atoms with Crippen LogP contribution in [0.2, 0.25) is 0 Å². The first-order valence-electron chi connectivity index (χ1n) is 4.61. The summed E-state index contributed by atoms with van der Waals surface area (Å²) in [7, 11) is 0. The zero-order valence-corrected chi connectivity index (χ0v) is 8.32. The van der Waals surface area contributed by atoms with Gasteiger partial charge in [0.15, 0.2) is 0 Å². The van der Waals surface area contributed by atoms with Gasteiger partial charge in [-0.2, -0.15) is 5.10 Å². The van der Waals surface area contributed by atoms with Gasteiger partial charge in [-0.1, -0.05) is 0 Å². The van der Waals surface area contributed by atoms with Crippen LogP contribution < -0.4 is 5.32 Å². The minimum Gasteiger partial charge on any atom is -0.305 e. The maximum atomic E-state index is 12.2. The highest BCUT2D eigenvalue weighted by molar-refractivity contribution is 4.79. The minimum atomic E-state index is -2.32. The standard InChI is InChI=1S/C9H15F2N3/c1-7(13-8(2)9(10)11)6-14-5-3-4-12-14/h3-5,7-9,13H,6H2,1-2H3. The summed E-state index contributed by atoms with van der Waals surface area (Å²) in [5.74, 6) is 0. The molecular weight excluding hydrogens is 188 g/mol. The second-order valence-corrected chi connectivity index (χ2v) is 3.42. The lowest BCUT2D eigenvalue weighted by atomic mass is 10.2. The number of hydrogen-bond donors (Lipinski definition) is 1. The number of nitrogens with one attached hydrogen (secondary N) is 1. The number of rotatable bonds is 5. The van der Waals surface area contributed by atoms with Crippen LogP contribution in [0.25, 0.3) is 0 Å². The monoisotopic (exact) mass is 203 g/mol. The van der Waals surface area contributed by atoms with E-state index in [-0.39, 0.29) is 6.04 Å². The van der Waals surface area contributed by atoms with Crippen LogP contribution >= 0.6 is 0 Å². The van der Waals surface area contributed by atoms with Crippen molar-refractivity contribution in [3.63, 3.8) is 0 Å². The van der Waals surface area contributed by atoms with E-state index in [9.17, 15) is 8.78 Å². The Labute approximate surface area is 82.1 Å². The van der Waals surface area contributed by atoms with Crippen molar-refractivity contribution in [3.8, 4) is 0 Å². The zero-order chi connectivity index (χ0) is 10.6. The van der Waals surface area contributed by atoms with Crippen LogP contribution in [0.3, 0.4) is 0 Å². The summed E-state index contributed by atoms with van der Waals surface area (Å²) in [6.45, 7) is 3.94. The molecule has 80 valence electrons. The molecule has 0 spiro atoms. The first kappa shape index (κ1) is 11.1. The Kier molecular flexibility index (Phi) is 4.00. The third-order valence-electron chi connectivity index (χ3n) is 1.95. The summed E-state index contributed by atoms with van der Waals surface area (Å²) in [6.07, 6.45) is 1.16. The summed E-state index contributed by atoms with van der Waals surface area (Å²) < 4.78 is 26.1. The Morgan fingerprint density at radius 3 is 2.64 bits per heavy atom. The number of nitrogens with zero attached hydrogens (tertiary/aromatic N) is 2. The highest BCUT2D eigenvalue weighted by atomic mass is 19.3. The average molecular weight is 203 g/mol. The molecule has 2 atom stereocenters. The van der Waals surface area contributed by atoms with Gasteiger partial charge in [-0.05, 0) is 19.9 Å². The third kappa shape index (κ3) is 3.41. The zero-order valence-electron chi connectivity index (χ0n) is 8.32. The molecule has 0 aliphatic carbocycles. The number of aromatic nitrogens is 2. The van der Waals surface area contributed by atoms with Gasteiger partial charge in [0.1, 0.15) is 0 Å². The van der Waals surface area contributed by atoms with Crippen molar-refractivity contribution in [1.82, 2.24) is 15.1 Å². The van der Waals surface area contributed by atoms with E-state index in [1.54, 1.807) is 10.9 Å². The van der Waals surface area contributed by atoms with Gasteiger partial charge in [0.25, 0.3) is 6.43 Å². The Hall–Kier alpha value is -0.970. The van der Waals surface area contributed by atoms with Crippen LogP contribution in [0.5, 0.6) is 0 Å². The lowest BCUT2D eigenvalue weighted by Crippen LogP contribution is -2.41. The van der Waals surface area contributed by atoms with Crippen LogP contribution in [-0.4, -0.2) is 28.3 Å². The average Bonchev–Trinajstić information content (AvgIpc) is 2.56. The van der Waals surface area contributed by atoms with Crippen LogP contribution in [0.15, 0.2) is 18.5 Å². The third-order valence-corrected chi connectivity index (χ3v) is 1.95. The molecule has 0 amide bonds. The van der Waals surface area contributed by atoms with Crippen molar-refractivity contribution in [1.29, 1.82) is 0 Å². The normalized spacial score (nSPS) is 15.8. The van der Waals surface area contributed by atoms with Gasteiger partial charge < -0.3 is 5.32 Å². The molecule has 0 aromatic carbocycles. The van der Waals surface area contributed by atoms with Crippen LogP contribution in [0, 0.1) is 0 Å². The second-order valence-electron chi connectivity index (χ2n) is 3.42. The molecule has 0 bridgehead atoms. The molecule has 1 heterocycles. The van der Waals surface area contributed by atoms with E-state index in [0.717, 1.165) is 0 Å². The first-order chi connectivity index (χ1) is 6.59. The maximum absolute atomic E-state index is 12.2. The van der Waals surface area contributed by atoms with Gasteiger partial charge in [0.05, 0.1) is 12.6 Å². The molecule has 0 aliphatic heterocycles. The molecule has 1 rings (SSSR count). The van der Waals surface area contributed by atoms with Gasteiger partial charge in [-0.3, -0.25) is 4.68 Å². The molecule has 0 saturated heterocycles. The SMILES string of the molecule is CC(Cn1cccn1)NC(C)C(F)F. The molecule has 0 radical (unpaired) electrons. The summed E-state index contributed by atoms with van der Waals surface area (Å²) in [5.41, 5.74) is 0. The fraction of sp³-hybridized carbons (Fsp3) is 0.667. The summed E-state index contributed by atoms with van der Waals surface area (Å²) in [5, 5.41) is 6.80. The minimum absolute atomic E-state index is 0.0149. The van der Waals surface area contributed by atoms with Crippen molar-refractivity contribution in [2.45, 2.75) is 38.9 Å². The topological polar surface area (TPSA) is 29.9 Å². The van der Waals surface area contributed by atoms with E-state index in [1.807, 2.05) is 19.2 Å². The molecule has 14 heavy (non-hydrogen) atoms. The molecule has 2 unspecified atom stereocenters. The predicted molar refractivity (Wildman–Crippen MR) is 50.3 cm³/mol. The Bertz CT molecular complexity index is 249. The molecule has 1 aromatic rings. The van der Waals surface area contributed by atoms with Crippen LogP contribution in [0.4, 0.5) is 8.78 Å². The van der Waals surface area contributed by atoms with Crippen molar-refractivity contribution in [3.05, 3.63) is 18.5 Å². The fourth-order valence-electron chi connectivity index (χ4n) is 1.26. The fourth-order valence-corrected chi connectivity index (χ4v) is 1.26. The van der Waals surface area contributed by atoms with Gasteiger partial charge in [-0.25, -0.2) is 8.78 Å². The van der Waals surface area contributed by atoms with Crippen molar-refractivity contribution in [2.75, 3.05) is 0 Å². The Morgan fingerprint density at radius 2 is 2.14 bits per heavy atom. The molecule has 0 saturated carbocycles. The number of alkyl halides is 2. The predicted octanol–water partition coefficient (Wildman–Crippen LogP) is 1.51. The maximum Gasteiger partial charge on any atom is 0.253 e. The van der Waals surface area contributed by atoms with E-state index in [4.69, 9.17) is 0 Å². The first-order valence-corrected chi connectivity index (χ1v) is 4.61. The highest BCUT2D eigenvalue weighted by Gasteiger charge is 2.16. The van der Waals surface area contributed by atoms with E-state index in [1.165, 1.54) is 6.92 Å². The van der Waals surface area contributed by atoms with E-state index >= 15 is 0 Å². The summed E-state index contributed by atoms with van der Waals surface area (Å²) in [6, 6.07) is 1.02. The van der Waals surface area contributed by atoms with Gasteiger partial charge in [0.2, 0.25) is 0 Å². The molecule has 0 fully saturated rings. The number of halogens is 2. The van der Waals surface area contributed by atoms with Gasteiger partial charge >= 0.3 is 0 Å². The van der Waals surface area contributed by atoms with Crippen molar-refractivity contribution in [2.24, 2.45) is 0 Å². The number of hydrogen-bond acceptors (Lipinski definition) is 2. The van der Waals surface area contributed by atoms with E-state index in [2.05, 4.69) is 10.4 Å². The molecule has 1 aromatic heterocycles. The Balaban J connectivity index is 2.32. The molecule has 0 aliphatic rings. The summed E-state index contributed by atoms with van der Waals surface area (Å²) in [4.78, 5) is 0. The smallest absolute Gasteiger partial charge is 0.253 e. The highest BCUT2D eigenvalue weighted by Crippen LogP contribution is 2.01. The second kappa shape index (κ2) is 5.05. The van der Waals surface area contributed by atoms with Crippen LogP contribution in [-0.2, 0) is 6.54 Å². The summed E-state index contributed by atoms with van der Waals surface area (Å²) >= 11 is 0. The lowest BCUT2D eigenvalue weighted by molar-refractivity contribution is 0.0994. The van der Waals surface area contributed by atoms with Crippen molar-refractivity contribution < 1.29 is 8.78 Å². The molecule has 3 nitrogen and oxygen atoms in total. The van der Waals surface area contributed by atoms with Crippen molar-refractivity contribution >= 4 is 0 Å². The Morgan fingerprint density at radius 1 is 1.43 bits per heavy atom.